The van der Waals surface area contributed by atoms with Gasteiger partial charge in [0.05, 0.1) is 34.5 Å². The molecule has 27 heavy (non-hydrogen) atoms. The molecule has 0 spiro atoms. The Kier molecular flexibility index (Phi) is 4.63. The number of nitrogens with zero attached hydrogens (tertiary/aromatic N) is 3. The molecule has 0 aliphatic rings. The fraction of sp³-hybridized carbons (Fsp3) is 0. The molecule has 0 aliphatic carbocycles. The number of aromatic amines is 1. The molecule has 0 aliphatic heterocycles. The number of carbonyl (C=O) groups is 1. The molecule has 4 aromatic rings. The van der Waals surface area contributed by atoms with Crippen LogP contribution in [0.2, 0.25) is 5.02 Å². The Morgan fingerprint density at radius 3 is 2.70 bits per heavy atom. The Labute approximate surface area is 160 Å². The van der Waals surface area contributed by atoms with Gasteiger partial charge in [0.2, 0.25) is 0 Å². The predicted molar refractivity (Wildman–Crippen MR) is 104 cm³/mol. The average Bonchev–Trinajstić information content (AvgIpc) is 3.25. The third-order valence-electron chi connectivity index (χ3n) is 3.97. The van der Waals surface area contributed by atoms with Crippen molar-refractivity contribution in [1.29, 1.82) is 0 Å². The maximum Gasteiger partial charge on any atom is 0.257 e. The average molecular weight is 376 g/mol. The number of rotatable bonds is 4. The fourth-order valence-corrected chi connectivity index (χ4v) is 2.92. The molecular weight excluding hydrogens is 362 g/mol. The van der Waals surface area contributed by atoms with Crippen molar-refractivity contribution in [3.8, 4) is 22.6 Å². The van der Waals surface area contributed by atoms with Gasteiger partial charge in [-0.2, -0.15) is 0 Å². The van der Waals surface area contributed by atoms with E-state index in [0.717, 1.165) is 11.3 Å². The number of halogens is 1. The minimum atomic E-state index is -0.276. The van der Waals surface area contributed by atoms with Gasteiger partial charge in [-0.15, -0.1) is 0 Å². The summed E-state index contributed by atoms with van der Waals surface area (Å²) < 4.78 is 0. The summed E-state index contributed by atoms with van der Waals surface area (Å²) in [4.78, 5) is 28.4. The molecule has 0 saturated carbocycles. The maximum absolute atomic E-state index is 12.8. The molecule has 0 fully saturated rings. The second-order valence-electron chi connectivity index (χ2n) is 5.73. The number of hydrogen-bond acceptors (Lipinski definition) is 4. The Hall–Kier alpha value is -3.51. The lowest BCUT2D eigenvalue weighted by molar-refractivity contribution is 0.102. The molecule has 0 bridgehead atoms. The van der Waals surface area contributed by atoms with E-state index in [4.69, 9.17) is 11.6 Å². The zero-order chi connectivity index (χ0) is 18.6. The number of carbonyl (C=O) groups excluding carboxylic acids is 1. The summed E-state index contributed by atoms with van der Waals surface area (Å²) in [5.74, 6) is -0.276. The van der Waals surface area contributed by atoms with E-state index in [1.807, 2.05) is 18.2 Å². The van der Waals surface area contributed by atoms with Crippen molar-refractivity contribution in [2.45, 2.75) is 0 Å². The summed E-state index contributed by atoms with van der Waals surface area (Å²) in [6.45, 7) is 0. The minimum absolute atomic E-state index is 0.276. The van der Waals surface area contributed by atoms with Crippen molar-refractivity contribution in [1.82, 2.24) is 19.9 Å². The van der Waals surface area contributed by atoms with E-state index in [0.29, 0.717) is 27.7 Å². The van der Waals surface area contributed by atoms with Gasteiger partial charge in [-0.3, -0.25) is 14.8 Å². The number of anilines is 1. The topological polar surface area (TPSA) is 83.6 Å². The first-order valence-electron chi connectivity index (χ1n) is 8.18. The third-order valence-corrected chi connectivity index (χ3v) is 4.30. The normalized spacial score (nSPS) is 10.6. The summed E-state index contributed by atoms with van der Waals surface area (Å²) >= 11 is 6.30. The van der Waals surface area contributed by atoms with Gasteiger partial charge in [-0.05, 0) is 42.5 Å². The van der Waals surface area contributed by atoms with Crippen LogP contribution in [0.25, 0.3) is 22.6 Å². The maximum atomic E-state index is 12.8. The first-order chi connectivity index (χ1) is 13.2. The molecule has 7 heteroatoms. The quantitative estimate of drug-likeness (QED) is 0.552. The molecule has 1 amide bonds. The van der Waals surface area contributed by atoms with Crippen LogP contribution in [0, 0.1) is 0 Å². The standard InChI is InChI=1S/C20H14ClN5O/c21-16-7-6-13(10-15(16)17-5-1-2-8-23-17)26-20(27)14-4-3-9-24-19(14)18-11-22-12-25-18/h1-12H,(H,22,25)(H,26,27). The first kappa shape index (κ1) is 16.9. The minimum Gasteiger partial charge on any atom is -0.343 e. The van der Waals surface area contributed by atoms with Crippen LogP contribution < -0.4 is 5.32 Å². The van der Waals surface area contributed by atoms with Crippen molar-refractivity contribution in [3.63, 3.8) is 0 Å². The van der Waals surface area contributed by atoms with Gasteiger partial charge >= 0.3 is 0 Å². The summed E-state index contributed by atoms with van der Waals surface area (Å²) in [5, 5.41) is 3.46. The summed E-state index contributed by atoms with van der Waals surface area (Å²) in [7, 11) is 0. The molecule has 2 N–H and O–H groups in total. The fourth-order valence-electron chi connectivity index (χ4n) is 2.71. The van der Waals surface area contributed by atoms with E-state index in [1.165, 1.54) is 0 Å². The Bertz CT molecular complexity index is 1080. The summed E-state index contributed by atoms with van der Waals surface area (Å²) in [6.07, 6.45) is 6.50. The highest BCUT2D eigenvalue weighted by Crippen LogP contribution is 2.29. The molecule has 132 valence electrons. The molecule has 1 aromatic carbocycles. The second kappa shape index (κ2) is 7.39. The first-order valence-corrected chi connectivity index (χ1v) is 8.56. The number of nitrogens with one attached hydrogen (secondary N) is 2. The zero-order valence-corrected chi connectivity index (χ0v) is 14.8. The van der Waals surface area contributed by atoms with E-state index >= 15 is 0 Å². The molecule has 0 radical (unpaired) electrons. The Balaban J connectivity index is 1.65. The second-order valence-corrected chi connectivity index (χ2v) is 6.14. The number of pyridine rings is 2. The van der Waals surface area contributed by atoms with Gasteiger partial charge in [-0.25, -0.2) is 4.98 Å². The van der Waals surface area contributed by atoms with E-state index in [1.54, 1.807) is 55.2 Å². The highest BCUT2D eigenvalue weighted by molar-refractivity contribution is 6.33. The molecule has 0 atom stereocenters. The van der Waals surface area contributed by atoms with Crippen LogP contribution in [-0.2, 0) is 0 Å². The van der Waals surface area contributed by atoms with Crippen LogP contribution in [0.15, 0.2) is 73.4 Å². The summed E-state index contributed by atoms with van der Waals surface area (Å²) in [6, 6.07) is 14.3. The van der Waals surface area contributed by atoms with Crippen LogP contribution in [0.4, 0.5) is 5.69 Å². The van der Waals surface area contributed by atoms with Gasteiger partial charge in [-0.1, -0.05) is 17.7 Å². The van der Waals surface area contributed by atoms with Crippen molar-refractivity contribution in [2.24, 2.45) is 0 Å². The number of benzene rings is 1. The van der Waals surface area contributed by atoms with Crippen LogP contribution in [-0.4, -0.2) is 25.8 Å². The molecular formula is C20H14ClN5O. The van der Waals surface area contributed by atoms with Crippen LogP contribution >= 0.6 is 11.6 Å². The molecule has 6 nitrogen and oxygen atoms in total. The number of H-pyrrole nitrogens is 1. The van der Waals surface area contributed by atoms with Crippen LogP contribution in [0.3, 0.4) is 0 Å². The Morgan fingerprint density at radius 1 is 1.04 bits per heavy atom. The van der Waals surface area contributed by atoms with Gasteiger partial charge in [0.25, 0.3) is 5.91 Å². The lowest BCUT2D eigenvalue weighted by Gasteiger charge is -2.10. The number of hydrogen-bond donors (Lipinski definition) is 2. The van der Waals surface area contributed by atoms with Gasteiger partial charge in [0, 0.05) is 23.6 Å². The van der Waals surface area contributed by atoms with Gasteiger partial charge in [0.1, 0.15) is 5.69 Å². The van der Waals surface area contributed by atoms with E-state index in [-0.39, 0.29) is 5.91 Å². The van der Waals surface area contributed by atoms with Crippen LogP contribution in [0.1, 0.15) is 10.4 Å². The van der Waals surface area contributed by atoms with Crippen molar-refractivity contribution >= 4 is 23.2 Å². The van der Waals surface area contributed by atoms with E-state index in [2.05, 4.69) is 25.3 Å². The summed E-state index contributed by atoms with van der Waals surface area (Å²) in [5.41, 5.74) is 3.74. The largest absolute Gasteiger partial charge is 0.343 e. The zero-order valence-electron chi connectivity index (χ0n) is 14.1. The number of aromatic nitrogens is 4. The number of imidazole rings is 1. The molecule has 4 rings (SSSR count). The number of amides is 1. The molecule has 3 aromatic heterocycles. The smallest absolute Gasteiger partial charge is 0.257 e. The van der Waals surface area contributed by atoms with Crippen molar-refractivity contribution in [3.05, 3.63) is 84.0 Å². The third kappa shape index (κ3) is 3.56. The van der Waals surface area contributed by atoms with E-state index in [9.17, 15) is 4.79 Å². The van der Waals surface area contributed by atoms with Gasteiger partial charge < -0.3 is 10.3 Å². The Morgan fingerprint density at radius 2 is 1.93 bits per heavy atom. The van der Waals surface area contributed by atoms with Gasteiger partial charge in [0.15, 0.2) is 0 Å². The molecule has 3 heterocycles. The van der Waals surface area contributed by atoms with E-state index < -0.39 is 0 Å². The predicted octanol–water partition coefficient (Wildman–Crippen LogP) is 4.44. The monoisotopic (exact) mass is 375 g/mol. The van der Waals surface area contributed by atoms with Crippen LogP contribution in [0.5, 0.6) is 0 Å². The lowest BCUT2D eigenvalue weighted by atomic mass is 10.1. The molecule has 0 unspecified atom stereocenters. The SMILES string of the molecule is O=C(Nc1ccc(Cl)c(-c2ccccn2)c1)c1cccnc1-c1cnc[nH]1. The highest BCUT2D eigenvalue weighted by Gasteiger charge is 2.15. The van der Waals surface area contributed by atoms with Crippen molar-refractivity contribution < 1.29 is 4.79 Å². The van der Waals surface area contributed by atoms with Crippen molar-refractivity contribution in [2.75, 3.05) is 5.32 Å². The lowest BCUT2D eigenvalue weighted by Crippen LogP contribution is -2.14. The highest BCUT2D eigenvalue weighted by atomic mass is 35.5. The molecule has 0 saturated heterocycles.